The zero-order chi connectivity index (χ0) is 14.7. The number of benzene rings is 1. The second-order valence-electron chi connectivity index (χ2n) is 3.72. The Balaban J connectivity index is 2.32. The topological polar surface area (TPSA) is 75.6 Å². The standard InChI is InChI=1S/C12H8ClNO4S2/c13-7-1-2-8(18-5-10(15)16)6(3-7)4-9-11(17)14-12(19)20-9/h1-4H,5H2,(H,15,16)(H,14,17,19)/b9-4+. The monoisotopic (exact) mass is 329 g/mol. The summed E-state index contributed by atoms with van der Waals surface area (Å²) in [5.41, 5.74) is 0.515. The summed E-state index contributed by atoms with van der Waals surface area (Å²) in [6.45, 7) is -0.477. The molecule has 0 bridgehead atoms. The number of nitrogens with one attached hydrogen (secondary N) is 1. The molecule has 1 aliphatic rings. The van der Waals surface area contributed by atoms with Crippen molar-refractivity contribution < 1.29 is 19.4 Å². The number of thiocarbonyl (C=S) groups is 1. The predicted molar refractivity (Wildman–Crippen MR) is 80.9 cm³/mol. The molecule has 0 atom stereocenters. The Bertz CT molecular complexity index is 630. The molecule has 0 saturated carbocycles. The van der Waals surface area contributed by atoms with Crippen LogP contribution in [-0.4, -0.2) is 27.9 Å². The van der Waals surface area contributed by atoms with Crippen LogP contribution in [0.3, 0.4) is 0 Å². The fourth-order valence-corrected chi connectivity index (χ4v) is 2.68. The average Bonchev–Trinajstić information content (AvgIpc) is 2.66. The molecule has 1 aliphatic heterocycles. The van der Waals surface area contributed by atoms with E-state index in [1.165, 1.54) is 0 Å². The fourth-order valence-electron chi connectivity index (χ4n) is 1.47. The molecule has 1 saturated heterocycles. The molecule has 104 valence electrons. The Morgan fingerprint density at radius 3 is 2.90 bits per heavy atom. The molecule has 0 aliphatic carbocycles. The third-order valence-corrected chi connectivity index (χ3v) is 3.65. The van der Waals surface area contributed by atoms with E-state index in [1.54, 1.807) is 24.3 Å². The van der Waals surface area contributed by atoms with Gasteiger partial charge in [-0.2, -0.15) is 0 Å². The summed E-state index contributed by atoms with van der Waals surface area (Å²) >= 11 is 11.9. The van der Waals surface area contributed by atoms with Crippen LogP contribution in [0.25, 0.3) is 6.08 Å². The molecule has 2 N–H and O–H groups in total. The van der Waals surface area contributed by atoms with Crippen LogP contribution in [-0.2, 0) is 9.59 Å². The third-order valence-electron chi connectivity index (χ3n) is 2.25. The SMILES string of the molecule is O=C(O)COc1ccc(Cl)cc1/C=C1/SC(=S)NC1=O. The first-order valence-electron chi connectivity index (χ1n) is 5.34. The van der Waals surface area contributed by atoms with Crippen molar-refractivity contribution in [2.45, 2.75) is 0 Å². The third kappa shape index (κ3) is 3.72. The molecule has 8 heteroatoms. The van der Waals surface area contributed by atoms with E-state index < -0.39 is 12.6 Å². The van der Waals surface area contributed by atoms with Crippen molar-refractivity contribution in [3.8, 4) is 5.75 Å². The van der Waals surface area contributed by atoms with Crippen LogP contribution >= 0.6 is 35.6 Å². The number of halogens is 1. The lowest BCUT2D eigenvalue weighted by atomic mass is 10.2. The Kier molecular flexibility index (Phi) is 4.64. The minimum absolute atomic E-state index is 0.302. The van der Waals surface area contributed by atoms with Gasteiger partial charge in [0.15, 0.2) is 6.61 Å². The number of ether oxygens (including phenoxy) is 1. The minimum atomic E-state index is -1.09. The van der Waals surface area contributed by atoms with Crippen LogP contribution in [0.2, 0.25) is 5.02 Å². The maximum atomic E-state index is 11.6. The zero-order valence-corrected chi connectivity index (χ0v) is 12.3. The number of rotatable bonds is 4. The number of thioether (sulfide) groups is 1. The number of aliphatic carboxylic acids is 1. The smallest absolute Gasteiger partial charge is 0.341 e. The van der Waals surface area contributed by atoms with Gasteiger partial charge in [0.1, 0.15) is 10.1 Å². The molecule has 0 spiro atoms. The number of carboxylic acid groups (broad SMARTS) is 1. The minimum Gasteiger partial charge on any atom is -0.481 e. The number of hydrogen-bond acceptors (Lipinski definition) is 5. The van der Waals surface area contributed by atoms with Crippen molar-refractivity contribution in [2.24, 2.45) is 0 Å². The Labute approximate surface area is 128 Å². The summed E-state index contributed by atoms with van der Waals surface area (Å²) in [5.74, 6) is -1.06. The van der Waals surface area contributed by atoms with E-state index in [-0.39, 0.29) is 5.91 Å². The lowest BCUT2D eigenvalue weighted by Gasteiger charge is -2.08. The van der Waals surface area contributed by atoms with Gasteiger partial charge in [-0.05, 0) is 24.3 Å². The fraction of sp³-hybridized carbons (Fsp3) is 0.0833. The summed E-state index contributed by atoms with van der Waals surface area (Å²) < 4.78 is 5.52. The van der Waals surface area contributed by atoms with E-state index in [2.05, 4.69) is 5.32 Å². The van der Waals surface area contributed by atoms with Gasteiger partial charge >= 0.3 is 5.97 Å². The van der Waals surface area contributed by atoms with Crippen LogP contribution in [0.1, 0.15) is 5.56 Å². The maximum absolute atomic E-state index is 11.6. The number of carbonyl (C=O) groups excluding carboxylic acids is 1. The lowest BCUT2D eigenvalue weighted by Crippen LogP contribution is -2.17. The second kappa shape index (κ2) is 6.25. The van der Waals surface area contributed by atoms with Crippen LogP contribution in [0.15, 0.2) is 23.1 Å². The molecule has 0 aromatic heterocycles. The van der Waals surface area contributed by atoms with E-state index in [0.29, 0.717) is 25.6 Å². The first-order chi connectivity index (χ1) is 9.45. The largest absolute Gasteiger partial charge is 0.481 e. The highest BCUT2D eigenvalue weighted by molar-refractivity contribution is 8.26. The van der Waals surface area contributed by atoms with E-state index in [0.717, 1.165) is 11.8 Å². The molecule has 2 rings (SSSR count). The normalized spacial score (nSPS) is 16.4. The van der Waals surface area contributed by atoms with Gasteiger partial charge in [0.25, 0.3) is 5.91 Å². The molecule has 1 fully saturated rings. The van der Waals surface area contributed by atoms with E-state index in [9.17, 15) is 9.59 Å². The molecule has 1 heterocycles. The zero-order valence-electron chi connectivity index (χ0n) is 9.88. The van der Waals surface area contributed by atoms with Gasteiger partial charge in [0.2, 0.25) is 0 Å². The quantitative estimate of drug-likeness (QED) is 0.652. The van der Waals surface area contributed by atoms with Gasteiger partial charge < -0.3 is 15.2 Å². The summed E-state index contributed by atoms with van der Waals surface area (Å²) in [4.78, 5) is 22.5. The number of carbonyl (C=O) groups is 2. The summed E-state index contributed by atoms with van der Waals surface area (Å²) in [5, 5.41) is 11.6. The van der Waals surface area contributed by atoms with Crippen molar-refractivity contribution in [3.05, 3.63) is 33.7 Å². The molecule has 5 nitrogen and oxygen atoms in total. The summed E-state index contributed by atoms with van der Waals surface area (Å²) in [7, 11) is 0. The van der Waals surface area contributed by atoms with Gasteiger partial charge in [-0.3, -0.25) is 4.79 Å². The number of carboxylic acids is 1. The molecular weight excluding hydrogens is 322 g/mol. The van der Waals surface area contributed by atoms with Crippen molar-refractivity contribution in [3.63, 3.8) is 0 Å². The van der Waals surface area contributed by atoms with Crippen molar-refractivity contribution in [2.75, 3.05) is 6.61 Å². The molecule has 1 amide bonds. The highest BCUT2D eigenvalue weighted by atomic mass is 35.5. The molecule has 1 aromatic rings. The molecule has 0 radical (unpaired) electrons. The highest BCUT2D eigenvalue weighted by Gasteiger charge is 2.22. The Hall–Kier alpha value is -1.57. The van der Waals surface area contributed by atoms with Crippen LogP contribution in [0.5, 0.6) is 5.75 Å². The van der Waals surface area contributed by atoms with Crippen LogP contribution in [0, 0.1) is 0 Å². The second-order valence-corrected chi connectivity index (χ2v) is 5.87. The first-order valence-corrected chi connectivity index (χ1v) is 6.95. The van der Waals surface area contributed by atoms with Gasteiger partial charge in [-0.25, -0.2) is 4.79 Å². The Morgan fingerprint density at radius 2 is 2.30 bits per heavy atom. The predicted octanol–water partition coefficient (Wildman–Crippen LogP) is 2.29. The summed E-state index contributed by atoms with van der Waals surface area (Å²) in [6.07, 6.45) is 1.56. The van der Waals surface area contributed by atoms with Crippen molar-refractivity contribution in [1.29, 1.82) is 0 Å². The molecule has 0 unspecified atom stereocenters. The van der Waals surface area contributed by atoms with Gasteiger partial charge in [0, 0.05) is 10.6 Å². The lowest BCUT2D eigenvalue weighted by molar-refractivity contribution is -0.139. The van der Waals surface area contributed by atoms with Gasteiger partial charge in [0.05, 0.1) is 4.91 Å². The first kappa shape index (κ1) is 14.8. The number of hydrogen-bond donors (Lipinski definition) is 2. The van der Waals surface area contributed by atoms with E-state index in [4.69, 9.17) is 33.7 Å². The van der Waals surface area contributed by atoms with E-state index >= 15 is 0 Å². The van der Waals surface area contributed by atoms with Crippen molar-refractivity contribution in [1.82, 2.24) is 5.32 Å². The molecule has 1 aromatic carbocycles. The van der Waals surface area contributed by atoms with Gasteiger partial charge in [-0.15, -0.1) is 0 Å². The van der Waals surface area contributed by atoms with E-state index in [1.807, 2.05) is 0 Å². The van der Waals surface area contributed by atoms with Crippen LogP contribution in [0.4, 0.5) is 0 Å². The molecule has 20 heavy (non-hydrogen) atoms. The van der Waals surface area contributed by atoms with Crippen molar-refractivity contribution >= 4 is 57.9 Å². The van der Waals surface area contributed by atoms with Gasteiger partial charge in [-0.1, -0.05) is 35.6 Å². The Morgan fingerprint density at radius 1 is 1.55 bits per heavy atom. The maximum Gasteiger partial charge on any atom is 0.341 e. The highest BCUT2D eigenvalue weighted by Crippen LogP contribution is 2.30. The number of amides is 1. The average molecular weight is 330 g/mol. The van der Waals surface area contributed by atoms with Crippen LogP contribution < -0.4 is 10.1 Å². The molecular formula is C12H8ClNO4S2. The summed E-state index contributed by atoms with van der Waals surface area (Å²) in [6, 6.07) is 4.71.